The highest BCUT2D eigenvalue weighted by Crippen LogP contribution is 2.14. The van der Waals surface area contributed by atoms with Gasteiger partial charge in [0.15, 0.2) is 0 Å². The van der Waals surface area contributed by atoms with Gasteiger partial charge in [-0.3, -0.25) is 9.59 Å². The molecule has 0 heterocycles. The number of carbonyl (C=O) groups is 2. The molecule has 2 amide bonds. The van der Waals surface area contributed by atoms with Gasteiger partial charge in [0.1, 0.15) is 0 Å². The first-order valence-electron chi connectivity index (χ1n) is 7.03. The lowest BCUT2D eigenvalue weighted by atomic mass is 10.1. The van der Waals surface area contributed by atoms with Crippen molar-refractivity contribution in [1.29, 1.82) is 0 Å². The summed E-state index contributed by atoms with van der Waals surface area (Å²) >= 11 is 0. The second-order valence-electron chi connectivity index (χ2n) is 4.89. The number of nitrogens with one attached hydrogen (secondary N) is 2. The number of hydrogen-bond donors (Lipinski definition) is 3. The third-order valence-corrected chi connectivity index (χ3v) is 3.23. The first-order valence-corrected chi connectivity index (χ1v) is 7.03. The zero-order valence-electron chi connectivity index (χ0n) is 12.7. The van der Waals surface area contributed by atoms with Crippen LogP contribution in [-0.2, 0) is 16.1 Å². The number of hydrogen-bond acceptors (Lipinski definition) is 4. The Kier molecular flexibility index (Phi) is 7.42. The van der Waals surface area contributed by atoms with Crippen molar-refractivity contribution in [2.24, 2.45) is 5.73 Å². The fraction of sp³-hybridized carbons (Fsp3) is 0.467. The van der Waals surface area contributed by atoms with Gasteiger partial charge in [-0.05, 0) is 18.7 Å². The summed E-state index contributed by atoms with van der Waals surface area (Å²) in [6.07, 6.45) is 0.813. The van der Waals surface area contributed by atoms with Gasteiger partial charge in [-0.25, -0.2) is 0 Å². The molecule has 116 valence electrons. The summed E-state index contributed by atoms with van der Waals surface area (Å²) in [6.45, 7) is 1.63. The molecule has 0 spiro atoms. The van der Waals surface area contributed by atoms with Crippen molar-refractivity contribution in [3.8, 4) is 0 Å². The highest BCUT2D eigenvalue weighted by atomic mass is 16.2. The molecule has 0 aliphatic heterocycles. The molecule has 21 heavy (non-hydrogen) atoms. The summed E-state index contributed by atoms with van der Waals surface area (Å²) in [7, 11) is 3.51. The smallest absolute Gasteiger partial charge is 0.225 e. The third-order valence-electron chi connectivity index (χ3n) is 3.23. The molecule has 0 unspecified atom stereocenters. The minimum atomic E-state index is -0.0531. The highest BCUT2D eigenvalue weighted by Gasteiger charge is 2.08. The SMILES string of the molecule is CNC(=O)CCN(C)CCC(=O)Nc1ccccc1CN. The molecule has 6 nitrogen and oxygen atoms in total. The van der Waals surface area contributed by atoms with Crippen molar-refractivity contribution in [2.45, 2.75) is 19.4 Å². The number of para-hydroxylation sites is 1. The number of amides is 2. The van der Waals surface area contributed by atoms with Crippen LogP contribution in [0.3, 0.4) is 0 Å². The van der Waals surface area contributed by atoms with Gasteiger partial charge in [0.05, 0.1) is 0 Å². The van der Waals surface area contributed by atoms with Crippen molar-refractivity contribution < 1.29 is 9.59 Å². The second-order valence-corrected chi connectivity index (χ2v) is 4.89. The Hall–Kier alpha value is -1.92. The molecule has 1 rings (SSSR count). The Bertz CT molecular complexity index is 476. The molecular formula is C15H24N4O2. The Morgan fingerprint density at radius 3 is 2.38 bits per heavy atom. The second kappa shape index (κ2) is 9.10. The molecule has 0 atom stereocenters. The Labute approximate surface area is 125 Å². The van der Waals surface area contributed by atoms with E-state index in [9.17, 15) is 9.59 Å². The van der Waals surface area contributed by atoms with Crippen molar-refractivity contribution in [1.82, 2.24) is 10.2 Å². The monoisotopic (exact) mass is 292 g/mol. The number of anilines is 1. The van der Waals surface area contributed by atoms with Gasteiger partial charge in [0.2, 0.25) is 11.8 Å². The molecular weight excluding hydrogens is 268 g/mol. The first-order chi connectivity index (χ1) is 10.1. The fourth-order valence-electron chi connectivity index (χ4n) is 1.85. The maximum Gasteiger partial charge on any atom is 0.225 e. The summed E-state index contributed by atoms with van der Waals surface area (Å²) in [5, 5.41) is 5.44. The van der Waals surface area contributed by atoms with Gasteiger partial charge in [0.25, 0.3) is 0 Å². The predicted octanol–water partition coefficient (Wildman–Crippen LogP) is 0.542. The standard InChI is InChI=1S/C15H24N4O2/c1-17-14(20)7-9-19(2)10-8-15(21)18-13-6-4-3-5-12(13)11-16/h3-6H,7-11,16H2,1-2H3,(H,17,20)(H,18,21). The lowest BCUT2D eigenvalue weighted by Gasteiger charge is -2.16. The van der Waals surface area contributed by atoms with E-state index in [0.29, 0.717) is 32.5 Å². The van der Waals surface area contributed by atoms with Gasteiger partial charge < -0.3 is 21.3 Å². The molecule has 1 aromatic rings. The van der Waals surface area contributed by atoms with E-state index < -0.39 is 0 Å². The average Bonchev–Trinajstić information content (AvgIpc) is 2.51. The van der Waals surface area contributed by atoms with Crippen LogP contribution in [-0.4, -0.2) is 43.9 Å². The lowest BCUT2D eigenvalue weighted by molar-refractivity contribution is -0.120. The van der Waals surface area contributed by atoms with Crippen LogP contribution in [0.25, 0.3) is 0 Å². The molecule has 0 aliphatic carbocycles. The van der Waals surface area contributed by atoms with E-state index in [1.807, 2.05) is 36.2 Å². The zero-order chi connectivity index (χ0) is 15.7. The minimum Gasteiger partial charge on any atom is -0.359 e. The molecule has 1 aromatic carbocycles. The summed E-state index contributed by atoms with van der Waals surface area (Å²) in [5.41, 5.74) is 7.31. The summed E-state index contributed by atoms with van der Waals surface area (Å²) in [6, 6.07) is 7.50. The van der Waals surface area contributed by atoms with E-state index in [2.05, 4.69) is 10.6 Å². The maximum absolute atomic E-state index is 11.9. The summed E-state index contributed by atoms with van der Waals surface area (Å²) < 4.78 is 0. The Morgan fingerprint density at radius 2 is 1.76 bits per heavy atom. The highest BCUT2D eigenvalue weighted by molar-refractivity contribution is 5.91. The molecule has 0 fully saturated rings. The van der Waals surface area contributed by atoms with Gasteiger partial charge >= 0.3 is 0 Å². The minimum absolute atomic E-state index is 0.00294. The summed E-state index contributed by atoms with van der Waals surface area (Å²) in [4.78, 5) is 25.0. The van der Waals surface area contributed by atoms with Gasteiger partial charge in [-0.15, -0.1) is 0 Å². The fourth-order valence-corrected chi connectivity index (χ4v) is 1.85. The predicted molar refractivity (Wildman–Crippen MR) is 83.8 cm³/mol. The number of rotatable bonds is 8. The lowest BCUT2D eigenvalue weighted by Crippen LogP contribution is -2.29. The Balaban J connectivity index is 2.35. The van der Waals surface area contributed by atoms with Crippen LogP contribution in [0, 0.1) is 0 Å². The van der Waals surface area contributed by atoms with Crippen molar-refractivity contribution >= 4 is 17.5 Å². The molecule has 0 saturated carbocycles. The maximum atomic E-state index is 11.9. The average molecular weight is 292 g/mol. The number of benzene rings is 1. The van der Waals surface area contributed by atoms with E-state index in [4.69, 9.17) is 5.73 Å². The van der Waals surface area contributed by atoms with Crippen molar-refractivity contribution in [2.75, 3.05) is 32.5 Å². The van der Waals surface area contributed by atoms with Gasteiger partial charge in [-0.2, -0.15) is 0 Å². The largest absolute Gasteiger partial charge is 0.359 e. The summed E-state index contributed by atoms with van der Waals surface area (Å²) in [5.74, 6) is -0.0501. The number of nitrogens with zero attached hydrogens (tertiary/aromatic N) is 1. The van der Waals surface area contributed by atoms with Crippen LogP contribution in [0.15, 0.2) is 24.3 Å². The number of nitrogens with two attached hydrogens (primary N) is 1. The Morgan fingerprint density at radius 1 is 1.14 bits per heavy atom. The topological polar surface area (TPSA) is 87.5 Å². The van der Waals surface area contributed by atoms with E-state index in [-0.39, 0.29) is 11.8 Å². The molecule has 0 bridgehead atoms. The van der Waals surface area contributed by atoms with Gasteiger partial charge in [-0.1, -0.05) is 18.2 Å². The third kappa shape index (κ3) is 6.37. The van der Waals surface area contributed by atoms with Crippen molar-refractivity contribution in [3.63, 3.8) is 0 Å². The normalized spacial score (nSPS) is 10.5. The van der Waals surface area contributed by atoms with Crippen LogP contribution in [0.1, 0.15) is 18.4 Å². The van der Waals surface area contributed by atoms with Crippen LogP contribution < -0.4 is 16.4 Å². The van der Waals surface area contributed by atoms with Crippen molar-refractivity contribution in [3.05, 3.63) is 29.8 Å². The van der Waals surface area contributed by atoms with E-state index >= 15 is 0 Å². The molecule has 0 saturated heterocycles. The van der Waals surface area contributed by atoms with Crippen LogP contribution in [0.4, 0.5) is 5.69 Å². The molecule has 4 N–H and O–H groups in total. The van der Waals surface area contributed by atoms with E-state index in [1.165, 1.54) is 0 Å². The molecule has 0 radical (unpaired) electrons. The zero-order valence-corrected chi connectivity index (χ0v) is 12.7. The first kappa shape index (κ1) is 17.1. The van der Waals surface area contributed by atoms with Crippen LogP contribution in [0.2, 0.25) is 0 Å². The van der Waals surface area contributed by atoms with Gasteiger partial charge in [0, 0.05) is 45.2 Å². The quantitative estimate of drug-likeness (QED) is 0.652. The molecule has 0 aliphatic rings. The molecule has 6 heteroatoms. The molecule has 0 aromatic heterocycles. The van der Waals surface area contributed by atoms with E-state index in [1.54, 1.807) is 7.05 Å². The number of carbonyl (C=O) groups excluding carboxylic acids is 2. The van der Waals surface area contributed by atoms with Crippen LogP contribution in [0.5, 0.6) is 0 Å². The van der Waals surface area contributed by atoms with E-state index in [0.717, 1.165) is 11.3 Å². The van der Waals surface area contributed by atoms with Crippen LogP contribution >= 0.6 is 0 Å².